The minimum absolute atomic E-state index is 0.146. The number of aromatic nitrogens is 1. The molecule has 0 radical (unpaired) electrons. The van der Waals surface area contributed by atoms with Crippen molar-refractivity contribution in [3.8, 4) is 5.75 Å². The molecule has 0 fully saturated rings. The number of hydrogen-bond acceptors (Lipinski definition) is 3. The number of nitrogens with zero attached hydrogens (tertiary/aromatic N) is 1. The van der Waals surface area contributed by atoms with E-state index in [2.05, 4.69) is 24.0 Å². The second kappa shape index (κ2) is 6.08. The van der Waals surface area contributed by atoms with E-state index >= 15 is 0 Å². The summed E-state index contributed by atoms with van der Waals surface area (Å²) >= 11 is 0. The van der Waals surface area contributed by atoms with Gasteiger partial charge in [-0.05, 0) is 51.1 Å². The Labute approximate surface area is 113 Å². The first-order valence-corrected chi connectivity index (χ1v) is 6.70. The minimum Gasteiger partial charge on any atom is -0.508 e. The van der Waals surface area contributed by atoms with Crippen LogP contribution >= 0.6 is 0 Å². The van der Waals surface area contributed by atoms with Gasteiger partial charge in [0.1, 0.15) is 5.75 Å². The normalized spacial score (nSPS) is 11.6. The third-order valence-electron chi connectivity index (χ3n) is 3.42. The summed E-state index contributed by atoms with van der Waals surface area (Å²) in [4.78, 5) is 5.41. The zero-order valence-corrected chi connectivity index (χ0v) is 11.6. The van der Waals surface area contributed by atoms with E-state index in [9.17, 15) is 5.11 Å². The quantitative estimate of drug-likeness (QED) is 0.745. The molecule has 0 spiro atoms. The largest absolute Gasteiger partial charge is 0.508 e. The molecule has 0 saturated carbocycles. The molecule has 2 aromatic rings. The van der Waals surface area contributed by atoms with Gasteiger partial charge in [-0.15, -0.1) is 0 Å². The van der Waals surface area contributed by atoms with E-state index in [1.54, 1.807) is 6.07 Å². The monoisotopic (exact) mass is 262 g/mol. The lowest BCUT2D eigenvalue weighted by molar-refractivity contribution is 0.288. The van der Waals surface area contributed by atoms with Crippen LogP contribution in [0.15, 0.2) is 18.3 Å². The third kappa shape index (κ3) is 3.08. The molecular weight excluding hydrogens is 240 g/mol. The lowest BCUT2D eigenvalue weighted by atomic mass is 9.99. The number of benzene rings is 1. The first-order chi connectivity index (χ1) is 9.13. The number of hydrogen-bond donors (Lipinski definition) is 3. The van der Waals surface area contributed by atoms with Gasteiger partial charge in [0, 0.05) is 35.8 Å². The summed E-state index contributed by atoms with van der Waals surface area (Å²) in [5, 5.41) is 20.2. The van der Waals surface area contributed by atoms with Crippen molar-refractivity contribution >= 4 is 10.9 Å². The maximum Gasteiger partial charge on any atom is 0.119 e. The molecule has 2 rings (SSSR count). The van der Waals surface area contributed by atoms with Crippen molar-refractivity contribution in [2.24, 2.45) is 0 Å². The Morgan fingerprint density at radius 2 is 2.00 bits per heavy atom. The van der Waals surface area contributed by atoms with Crippen molar-refractivity contribution in [1.82, 2.24) is 9.88 Å². The SMILES string of the molecule is CN(C)CCc1c[nH]c2ccc(O)c(CCCO)c12. The molecule has 0 saturated heterocycles. The number of phenolic OH excluding ortho intramolecular Hbond substituents is 1. The van der Waals surface area contributed by atoms with Gasteiger partial charge in [0.25, 0.3) is 0 Å². The zero-order chi connectivity index (χ0) is 13.8. The number of aromatic amines is 1. The minimum atomic E-state index is 0.146. The van der Waals surface area contributed by atoms with Crippen LogP contribution in [0.25, 0.3) is 10.9 Å². The number of rotatable bonds is 6. The van der Waals surface area contributed by atoms with Crippen LogP contribution in [-0.2, 0) is 12.8 Å². The van der Waals surface area contributed by atoms with E-state index in [1.807, 2.05) is 12.3 Å². The molecule has 0 atom stereocenters. The molecule has 4 heteroatoms. The van der Waals surface area contributed by atoms with Gasteiger partial charge in [0.05, 0.1) is 0 Å². The Morgan fingerprint density at radius 1 is 1.21 bits per heavy atom. The second-order valence-electron chi connectivity index (χ2n) is 5.18. The standard InChI is InChI=1S/C15H22N2O2/c1-17(2)8-7-11-10-16-13-5-6-14(19)12(15(11)13)4-3-9-18/h5-6,10,16,18-19H,3-4,7-9H2,1-2H3. The van der Waals surface area contributed by atoms with Gasteiger partial charge in [0.2, 0.25) is 0 Å². The van der Waals surface area contributed by atoms with Crippen LogP contribution in [0.2, 0.25) is 0 Å². The smallest absolute Gasteiger partial charge is 0.119 e. The van der Waals surface area contributed by atoms with Crippen LogP contribution in [0.5, 0.6) is 5.75 Å². The van der Waals surface area contributed by atoms with Crippen molar-refractivity contribution in [3.63, 3.8) is 0 Å². The highest BCUT2D eigenvalue weighted by Gasteiger charge is 2.12. The third-order valence-corrected chi connectivity index (χ3v) is 3.42. The van der Waals surface area contributed by atoms with Gasteiger partial charge in [-0.25, -0.2) is 0 Å². The average molecular weight is 262 g/mol. The molecule has 104 valence electrons. The summed E-state index contributed by atoms with van der Waals surface area (Å²) in [6, 6.07) is 3.63. The Bertz CT molecular complexity index is 546. The van der Waals surface area contributed by atoms with Crippen molar-refractivity contribution < 1.29 is 10.2 Å². The number of H-pyrrole nitrogens is 1. The topological polar surface area (TPSA) is 59.5 Å². The fraction of sp³-hybridized carbons (Fsp3) is 0.467. The predicted molar refractivity (Wildman–Crippen MR) is 77.6 cm³/mol. The highest BCUT2D eigenvalue weighted by molar-refractivity contribution is 5.88. The molecule has 1 aromatic carbocycles. The summed E-state index contributed by atoms with van der Waals surface area (Å²) in [5.74, 6) is 0.326. The molecule has 4 nitrogen and oxygen atoms in total. The van der Waals surface area contributed by atoms with Gasteiger partial charge in [-0.1, -0.05) is 0 Å². The van der Waals surface area contributed by atoms with Crippen LogP contribution in [0.1, 0.15) is 17.5 Å². The Kier molecular flexibility index (Phi) is 4.45. The second-order valence-corrected chi connectivity index (χ2v) is 5.18. The molecule has 0 aliphatic carbocycles. The number of aromatic hydroxyl groups is 1. The molecule has 3 N–H and O–H groups in total. The lowest BCUT2D eigenvalue weighted by Gasteiger charge is -2.11. The molecule has 0 aliphatic rings. The predicted octanol–water partition coefficient (Wildman–Crippen LogP) is 1.90. The number of phenols is 1. The number of aliphatic hydroxyl groups is 1. The highest BCUT2D eigenvalue weighted by atomic mass is 16.3. The van der Waals surface area contributed by atoms with Gasteiger partial charge in [0.15, 0.2) is 0 Å². The van der Waals surface area contributed by atoms with Crippen LogP contribution in [-0.4, -0.2) is 47.3 Å². The first kappa shape index (κ1) is 13.9. The van der Waals surface area contributed by atoms with Crippen LogP contribution in [0.4, 0.5) is 0 Å². The molecule has 0 unspecified atom stereocenters. The molecule has 1 heterocycles. The summed E-state index contributed by atoms with van der Waals surface area (Å²) in [6.45, 7) is 1.12. The van der Waals surface area contributed by atoms with E-state index < -0.39 is 0 Å². The average Bonchev–Trinajstić information content (AvgIpc) is 2.78. The van der Waals surface area contributed by atoms with Crippen LogP contribution < -0.4 is 0 Å². The lowest BCUT2D eigenvalue weighted by Crippen LogP contribution is -2.15. The van der Waals surface area contributed by atoms with Gasteiger partial charge in [-0.3, -0.25) is 0 Å². The number of aryl methyl sites for hydroxylation is 1. The fourth-order valence-electron chi connectivity index (χ4n) is 2.41. The number of nitrogens with one attached hydrogen (secondary N) is 1. The van der Waals surface area contributed by atoms with Gasteiger partial charge in [-0.2, -0.15) is 0 Å². The molecule has 0 amide bonds. The zero-order valence-electron chi connectivity index (χ0n) is 11.6. The maximum absolute atomic E-state index is 10.0. The maximum atomic E-state index is 10.0. The van der Waals surface area contributed by atoms with E-state index in [1.165, 1.54) is 5.56 Å². The highest BCUT2D eigenvalue weighted by Crippen LogP contribution is 2.31. The number of fused-ring (bicyclic) bond motifs is 1. The van der Waals surface area contributed by atoms with Crippen LogP contribution in [0.3, 0.4) is 0 Å². The Balaban J connectivity index is 2.39. The van der Waals surface area contributed by atoms with Gasteiger partial charge < -0.3 is 20.1 Å². The first-order valence-electron chi connectivity index (χ1n) is 6.70. The van der Waals surface area contributed by atoms with E-state index in [4.69, 9.17) is 5.11 Å². The Morgan fingerprint density at radius 3 is 2.68 bits per heavy atom. The number of likely N-dealkylation sites (N-methyl/N-ethyl adjacent to an activating group) is 1. The molecule has 0 bridgehead atoms. The summed E-state index contributed by atoms with van der Waals surface area (Å²) in [5.41, 5.74) is 3.23. The summed E-state index contributed by atoms with van der Waals surface area (Å²) < 4.78 is 0. The summed E-state index contributed by atoms with van der Waals surface area (Å²) in [6.07, 6.45) is 4.34. The van der Waals surface area contributed by atoms with E-state index in [-0.39, 0.29) is 6.61 Å². The Hall–Kier alpha value is -1.52. The molecule has 0 aliphatic heterocycles. The van der Waals surface area contributed by atoms with E-state index in [0.717, 1.165) is 29.4 Å². The summed E-state index contributed by atoms with van der Waals surface area (Å²) in [7, 11) is 4.11. The molecule has 19 heavy (non-hydrogen) atoms. The van der Waals surface area contributed by atoms with Crippen molar-refractivity contribution in [2.75, 3.05) is 27.2 Å². The molecular formula is C15H22N2O2. The fourth-order valence-corrected chi connectivity index (χ4v) is 2.41. The molecule has 1 aromatic heterocycles. The number of aliphatic hydroxyl groups excluding tert-OH is 1. The van der Waals surface area contributed by atoms with Gasteiger partial charge >= 0.3 is 0 Å². The van der Waals surface area contributed by atoms with Crippen molar-refractivity contribution in [1.29, 1.82) is 0 Å². The van der Waals surface area contributed by atoms with Crippen molar-refractivity contribution in [3.05, 3.63) is 29.5 Å². The van der Waals surface area contributed by atoms with Crippen molar-refractivity contribution in [2.45, 2.75) is 19.3 Å². The van der Waals surface area contributed by atoms with Crippen LogP contribution in [0, 0.1) is 0 Å². The van der Waals surface area contributed by atoms with E-state index in [0.29, 0.717) is 18.6 Å².